The monoisotopic (exact) mass is 175 g/mol. The topological polar surface area (TPSA) is 46.2 Å². The lowest BCUT2D eigenvalue weighted by molar-refractivity contribution is -0.118. The summed E-state index contributed by atoms with van der Waals surface area (Å²) in [5.41, 5.74) is -0.100. The predicted molar refractivity (Wildman–Crippen MR) is 44.4 cm³/mol. The molecule has 1 heterocycles. The van der Waals surface area contributed by atoms with Gasteiger partial charge < -0.3 is 5.32 Å². The van der Waals surface area contributed by atoms with E-state index in [0.717, 1.165) is 0 Å². The van der Waals surface area contributed by atoms with Crippen molar-refractivity contribution in [2.75, 3.05) is 5.75 Å². The van der Waals surface area contributed by atoms with Gasteiger partial charge in [0.25, 0.3) is 0 Å². The Morgan fingerprint density at radius 1 is 1.55 bits per heavy atom. The van der Waals surface area contributed by atoms with Gasteiger partial charge in [-0.25, -0.2) is 0 Å². The first kappa shape index (κ1) is 8.71. The molecule has 0 aromatic rings. The summed E-state index contributed by atoms with van der Waals surface area (Å²) >= 11 is 0. The highest BCUT2D eigenvalue weighted by Gasteiger charge is 2.37. The summed E-state index contributed by atoms with van der Waals surface area (Å²) in [6.45, 7) is 5.92. The minimum atomic E-state index is -1.02. The zero-order chi connectivity index (χ0) is 8.65. The number of carbonyl (C=O) groups excluding carboxylic acids is 1. The van der Waals surface area contributed by atoms with Crippen LogP contribution in [0.4, 0.5) is 0 Å². The van der Waals surface area contributed by atoms with Crippen LogP contribution in [0.5, 0.6) is 0 Å². The SMILES string of the molecule is CC(C)(C)C1NC(=O)CS1=O. The number of amides is 1. The van der Waals surface area contributed by atoms with Crippen molar-refractivity contribution in [1.82, 2.24) is 5.32 Å². The molecule has 3 nitrogen and oxygen atoms in total. The number of hydrogen-bond acceptors (Lipinski definition) is 2. The third kappa shape index (κ3) is 1.80. The fourth-order valence-corrected chi connectivity index (χ4v) is 2.64. The summed E-state index contributed by atoms with van der Waals surface area (Å²) in [6, 6.07) is 0. The van der Waals surface area contributed by atoms with Gasteiger partial charge in [0, 0.05) is 0 Å². The predicted octanol–water partition coefficient (Wildman–Crippen LogP) is 0.237. The minimum absolute atomic E-state index is 0.0942. The Bertz CT molecular complexity index is 207. The summed E-state index contributed by atoms with van der Waals surface area (Å²) in [5.74, 6) is 0.0744. The van der Waals surface area contributed by atoms with E-state index in [1.54, 1.807) is 0 Å². The van der Waals surface area contributed by atoms with Crippen molar-refractivity contribution in [1.29, 1.82) is 0 Å². The van der Waals surface area contributed by atoms with Crippen molar-refractivity contribution < 1.29 is 9.00 Å². The summed E-state index contributed by atoms with van der Waals surface area (Å²) in [5, 5.41) is 2.53. The van der Waals surface area contributed by atoms with E-state index in [4.69, 9.17) is 0 Å². The number of rotatable bonds is 0. The first-order valence-electron chi connectivity index (χ1n) is 3.58. The smallest absolute Gasteiger partial charge is 0.233 e. The molecule has 0 aromatic heterocycles. The molecule has 0 spiro atoms. The van der Waals surface area contributed by atoms with Gasteiger partial charge in [-0.1, -0.05) is 20.8 Å². The van der Waals surface area contributed by atoms with Crippen LogP contribution in [-0.4, -0.2) is 21.2 Å². The molecule has 64 valence electrons. The van der Waals surface area contributed by atoms with Crippen LogP contribution in [0.3, 0.4) is 0 Å². The second-order valence-electron chi connectivity index (χ2n) is 3.84. The van der Waals surface area contributed by atoms with Crippen molar-refractivity contribution in [3.8, 4) is 0 Å². The van der Waals surface area contributed by atoms with E-state index >= 15 is 0 Å². The Morgan fingerprint density at radius 2 is 2.09 bits per heavy atom. The molecular formula is C7H13NO2S. The Balaban J connectivity index is 2.76. The van der Waals surface area contributed by atoms with Crippen LogP contribution in [-0.2, 0) is 15.6 Å². The maximum atomic E-state index is 11.3. The van der Waals surface area contributed by atoms with Crippen LogP contribution < -0.4 is 5.32 Å². The van der Waals surface area contributed by atoms with E-state index in [-0.39, 0.29) is 22.4 Å². The van der Waals surface area contributed by atoms with Gasteiger partial charge in [0.1, 0.15) is 11.1 Å². The molecule has 0 aromatic carbocycles. The molecule has 4 heteroatoms. The Kier molecular flexibility index (Phi) is 2.05. The molecule has 2 atom stereocenters. The third-order valence-corrected chi connectivity index (χ3v) is 3.51. The number of nitrogens with one attached hydrogen (secondary N) is 1. The van der Waals surface area contributed by atoms with Gasteiger partial charge in [-0.05, 0) is 5.41 Å². The van der Waals surface area contributed by atoms with Gasteiger partial charge in [-0.15, -0.1) is 0 Å². The standard InChI is InChI=1S/C7H13NO2S/c1-7(2,3)6-8-5(9)4-11(6)10/h6H,4H2,1-3H3,(H,8,9). The van der Waals surface area contributed by atoms with Gasteiger partial charge in [0.15, 0.2) is 0 Å². The lowest BCUT2D eigenvalue weighted by Gasteiger charge is -2.24. The molecule has 11 heavy (non-hydrogen) atoms. The zero-order valence-electron chi connectivity index (χ0n) is 7.01. The molecule has 0 bridgehead atoms. The fourth-order valence-electron chi connectivity index (χ4n) is 1.08. The quantitative estimate of drug-likeness (QED) is 0.573. The van der Waals surface area contributed by atoms with E-state index in [0.29, 0.717) is 0 Å². The van der Waals surface area contributed by atoms with Gasteiger partial charge >= 0.3 is 0 Å². The minimum Gasteiger partial charge on any atom is -0.340 e. The van der Waals surface area contributed by atoms with Gasteiger partial charge in [0.2, 0.25) is 5.91 Å². The zero-order valence-corrected chi connectivity index (χ0v) is 7.83. The van der Waals surface area contributed by atoms with Crippen LogP contribution in [0, 0.1) is 5.41 Å². The molecule has 1 aliphatic heterocycles. The summed E-state index contributed by atoms with van der Waals surface area (Å²) < 4.78 is 11.3. The first-order valence-corrected chi connectivity index (χ1v) is 4.96. The van der Waals surface area contributed by atoms with Crippen LogP contribution in [0.2, 0.25) is 0 Å². The lowest BCUT2D eigenvalue weighted by atomic mass is 9.96. The van der Waals surface area contributed by atoms with E-state index in [2.05, 4.69) is 5.32 Å². The largest absolute Gasteiger partial charge is 0.340 e. The van der Waals surface area contributed by atoms with Crippen molar-refractivity contribution in [3.05, 3.63) is 0 Å². The van der Waals surface area contributed by atoms with E-state index in [1.165, 1.54) is 0 Å². The highest BCUT2D eigenvalue weighted by Crippen LogP contribution is 2.24. The molecule has 1 saturated heterocycles. The molecule has 1 rings (SSSR count). The Labute approximate surface area is 69.0 Å². The molecule has 1 aliphatic rings. The molecule has 0 aliphatic carbocycles. The van der Waals surface area contributed by atoms with Crippen LogP contribution >= 0.6 is 0 Å². The highest BCUT2D eigenvalue weighted by atomic mass is 32.2. The maximum Gasteiger partial charge on any atom is 0.233 e. The van der Waals surface area contributed by atoms with Crippen molar-refractivity contribution in [2.45, 2.75) is 26.1 Å². The molecular weight excluding hydrogens is 162 g/mol. The lowest BCUT2D eigenvalue weighted by Crippen LogP contribution is -2.38. The number of carbonyl (C=O) groups is 1. The average molecular weight is 175 g/mol. The second kappa shape index (κ2) is 2.59. The van der Waals surface area contributed by atoms with E-state index in [9.17, 15) is 9.00 Å². The molecule has 0 radical (unpaired) electrons. The fraction of sp³-hybridized carbons (Fsp3) is 0.857. The van der Waals surface area contributed by atoms with Crippen molar-refractivity contribution in [3.63, 3.8) is 0 Å². The summed E-state index contributed by atoms with van der Waals surface area (Å²) in [7, 11) is -1.02. The van der Waals surface area contributed by atoms with Gasteiger partial charge in [-0.3, -0.25) is 9.00 Å². The van der Waals surface area contributed by atoms with Crippen LogP contribution in [0.25, 0.3) is 0 Å². The Morgan fingerprint density at radius 3 is 2.27 bits per heavy atom. The average Bonchev–Trinajstić information content (AvgIpc) is 2.08. The van der Waals surface area contributed by atoms with Gasteiger partial charge in [0.05, 0.1) is 10.8 Å². The molecule has 1 fully saturated rings. The second-order valence-corrected chi connectivity index (χ2v) is 5.36. The van der Waals surface area contributed by atoms with Crippen LogP contribution in [0.1, 0.15) is 20.8 Å². The highest BCUT2D eigenvalue weighted by molar-refractivity contribution is 7.86. The normalized spacial score (nSPS) is 32.1. The Hall–Kier alpha value is -0.380. The maximum absolute atomic E-state index is 11.3. The van der Waals surface area contributed by atoms with Crippen molar-refractivity contribution in [2.24, 2.45) is 5.41 Å². The molecule has 1 N–H and O–H groups in total. The van der Waals surface area contributed by atoms with Crippen molar-refractivity contribution >= 4 is 16.7 Å². The first-order chi connectivity index (χ1) is 4.91. The van der Waals surface area contributed by atoms with Crippen LogP contribution in [0.15, 0.2) is 0 Å². The summed E-state index contributed by atoms with van der Waals surface area (Å²) in [4.78, 5) is 10.8. The van der Waals surface area contributed by atoms with E-state index in [1.807, 2.05) is 20.8 Å². The molecule has 1 amide bonds. The molecule has 0 saturated carbocycles. The number of hydrogen-bond donors (Lipinski definition) is 1. The third-order valence-electron chi connectivity index (χ3n) is 1.61. The summed E-state index contributed by atoms with van der Waals surface area (Å²) in [6.07, 6.45) is 0. The molecule has 2 unspecified atom stereocenters. The van der Waals surface area contributed by atoms with Gasteiger partial charge in [-0.2, -0.15) is 0 Å². The van der Waals surface area contributed by atoms with E-state index < -0.39 is 10.8 Å².